The fourth-order valence-corrected chi connectivity index (χ4v) is 2.11. The van der Waals surface area contributed by atoms with Crippen LogP contribution in [0, 0.1) is 5.92 Å². The molecular weight excluding hydrogens is 200 g/mol. The molecule has 1 amide bonds. The van der Waals surface area contributed by atoms with Crippen LogP contribution in [0.25, 0.3) is 0 Å². The maximum Gasteiger partial charge on any atom is 0.227 e. The molecule has 0 spiro atoms. The van der Waals surface area contributed by atoms with Crippen molar-refractivity contribution in [2.45, 2.75) is 31.7 Å². The van der Waals surface area contributed by atoms with E-state index in [1.54, 1.807) is 0 Å². The molecule has 1 atom stereocenters. The largest absolute Gasteiger partial charge is 0.342 e. The number of carbonyl (C=O) groups excluding carboxylic acids is 1. The van der Waals surface area contributed by atoms with Gasteiger partial charge in [-0.2, -0.15) is 0 Å². The van der Waals surface area contributed by atoms with Gasteiger partial charge in [0.2, 0.25) is 5.91 Å². The van der Waals surface area contributed by atoms with E-state index in [0.717, 1.165) is 19.5 Å². The first-order chi connectivity index (χ1) is 6.29. The Hall–Kier alpha value is -0.280. The first kappa shape index (κ1) is 11.8. The molecule has 0 aromatic rings. The van der Waals surface area contributed by atoms with Gasteiger partial charge in [-0.05, 0) is 32.2 Å². The lowest BCUT2D eigenvalue weighted by Gasteiger charge is -2.36. The van der Waals surface area contributed by atoms with E-state index in [-0.39, 0.29) is 18.3 Å². The van der Waals surface area contributed by atoms with Gasteiger partial charge in [-0.3, -0.25) is 4.79 Å². The third kappa shape index (κ3) is 2.20. The molecule has 14 heavy (non-hydrogen) atoms. The second-order valence-corrected chi connectivity index (χ2v) is 4.22. The van der Waals surface area contributed by atoms with Crippen LogP contribution in [-0.2, 0) is 4.79 Å². The van der Waals surface area contributed by atoms with Crippen LogP contribution >= 0.6 is 12.4 Å². The summed E-state index contributed by atoms with van der Waals surface area (Å²) in [7, 11) is 1.96. The van der Waals surface area contributed by atoms with Gasteiger partial charge in [-0.15, -0.1) is 12.4 Å². The second kappa shape index (κ2) is 4.99. The molecule has 1 N–H and O–H groups in total. The molecule has 0 bridgehead atoms. The van der Waals surface area contributed by atoms with Gasteiger partial charge >= 0.3 is 0 Å². The number of halogens is 1. The number of nitrogens with one attached hydrogen (secondary N) is 1. The zero-order valence-corrected chi connectivity index (χ0v) is 9.48. The van der Waals surface area contributed by atoms with E-state index in [1.807, 2.05) is 11.9 Å². The first-order valence-electron chi connectivity index (χ1n) is 5.26. The summed E-state index contributed by atoms with van der Waals surface area (Å²) < 4.78 is 0. The van der Waals surface area contributed by atoms with Crippen molar-refractivity contribution in [1.29, 1.82) is 0 Å². The van der Waals surface area contributed by atoms with E-state index in [9.17, 15) is 4.79 Å². The van der Waals surface area contributed by atoms with Crippen LogP contribution in [0.4, 0.5) is 0 Å². The maximum absolute atomic E-state index is 11.9. The van der Waals surface area contributed by atoms with Gasteiger partial charge in [-0.25, -0.2) is 0 Å². The fourth-order valence-electron chi connectivity index (χ4n) is 2.11. The van der Waals surface area contributed by atoms with E-state index in [1.165, 1.54) is 19.3 Å². The van der Waals surface area contributed by atoms with Crippen LogP contribution in [0.3, 0.4) is 0 Å². The maximum atomic E-state index is 11.9. The monoisotopic (exact) mass is 218 g/mol. The average molecular weight is 219 g/mol. The molecular formula is C10H19ClN2O. The van der Waals surface area contributed by atoms with Crippen molar-refractivity contribution in [3.63, 3.8) is 0 Å². The van der Waals surface area contributed by atoms with Crippen molar-refractivity contribution < 1.29 is 4.79 Å². The highest BCUT2D eigenvalue weighted by atomic mass is 35.5. The lowest BCUT2D eigenvalue weighted by Crippen LogP contribution is -2.44. The summed E-state index contributed by atoms with van der Waals surface area (Å²) in [6.45, 7) is 1.89. The molecule has 3 nitrogen and oxygen atoms in total. The van der Waals surface area contributed by atoms with Crippen molar-refractivity contribution in [2.75, 3.05) is 20.1 Å². The van der Waals surface area contributed by atoms with Gasteiger partial charge in [0.15, 0.2) is 0 Å². The molecule has 2 aliphatic rings. The molecule has 1 saturated heterocycles. The molecule has 0 unspecified atom stereocenters. The standard InChI is InChI=1S/C10H18N2O.ClH/c1-12(9-3-2-4-9)10(13)8-5-6-11-7-8;/h8-9,11H,2-7H2,1H3;1H/t8-;/m0./s1. The van der Waals surface area contributed by atoms with E-state index in [0.29, 0.717) is 11.9 Å². The van der Waals surface area contributed by atoms with E-state index >= 15 is 0 Å². The summed E-state index contributed by atoms with van der Waals surface area (Å²) in [5, 5.41) is 3.24. The van der Waals surface area contributed by atoms with Gasteiger partial charge in [-0.1, -0.05) is 0 Å². The number of carbonyl (C=O) groups is 1. The van der Waals surface area contributed by atoms with Crippen molar-refractivity contribution >= 4 is 18.3 Å². The van der Waals surface area contributed by atoms with Crippen molar-refractivity contribution in [3.8, 4) is 0 Å². The Balaban J connectivity index is 0.000000980. The topological polar surface area (TPSA) is 32.3 Å². The first-order valence-corrected chi connectivity index (χ1v) is 5.26. The Bertz CT molecular complexity index is 200. The van der Waals surface area contributed by atoms with Crippen molar-refractivity contribution in [1.82, 2.24) is 10.2 Å². The predicted octanol–water partition coefficient (Wildman–Crippen LogP) is 1.03. The van der Waals surface area contributed by atoms with E-state index < -0.39 is 0 Å². The summed E-state index contributed by atoms with van der Waals surface area (Å²) >= 11 is 0. The molecule has 2 rings (SSSR count). The molecule has 0 aromatic carbocycles. The minimum atomic E-state index is 0. The summed E-state index contributed by atoms with van der Waals surface area (Å²) in [6.07, 6.45) is 4.74. The minimum absolute atomic E-state index is 0. The molecule has 1 heterocycles. The summed E-state index contributed by atoms with van der Waals surface area (Å²) in [4.78, 5) is 13.8. The number of rotatable bonds is 2. The molecule has 1 saturated carbocycles. The molecule has 1 aliphatic carbocycles. The Labute approximate surface area is 91.6 Å². The Morgan fingerprint density at radius 1 is 1.36 bits per heavy atom. The Morgan fingerprint density at radius 3 is 2.50 bits per heavy atom. The molecule has 1 aliphatic heterocycles. The van der Waals surface area contributed by atoms with Crippen LogP contribution < -0.4 is 5.32 Å². The predicted molar refractivity (Wildman–Crippen MR) is 58.6 cm³/mol. The van der Waals surface area contributed by atoms with Crippen LogP contribution in [0.2, 0.25) is 0 Å². The molecule has 82 valence electrons. The summed E-state index contributed by atoms with van der Waals surface area (Å²) in [6, 6.07) is 0.549. The van der Waals surface area contributed by atoms with Crippen molar-refractivity contribution in [2.24, 2.45) is 5.92 Å². The minimum Gasteiger partial charge on any atom is -0.342 e. The lowest BCUT2D eigenvalue weighted by atomic mass is 9.91. The molecule has 0 radical (unpaired) electrons. The molecule has 4 heteroatoms. The van der Waals surface area contributed by atoms with E-state index in [4.69, 9.17) is 0 Å². The van der Waals surface area contributed by atoms with Gasteiger partial charge in [0, 0.05) is 19.6 Å². The SMILES string of the molecule is CN(C(=O)[C@H]1CCNC1)C1CCC1.Cl. The van der Waals surface area contributed by atoms with E-state index in [2.05, 4.69) is 5.32 Å². The fraction of sp³-hybridized carbons (Fsp3) is 0.900. The van der Waals surface area contributed by atoms with Crippen molar-refractivity contribution in [3.05, 3.63) is 0 Å². The summed E-state index contributed by atoms with van der Waals surface area (Å²) in [5.41, 5.74) is 0. The Kier molecular flexibility index (Phi) is 4.20. The average Bonchev–Trinajstić information content (AvgIpc) is 2.51. The summed E-state index contributed by atoms with van der Waals surface area (Å²) in [5.74, 6) is 0.611. The lowest BCUT2D eigenvalue weighted by molar-refractivity contribution is -0.137. The highest BCUT2D eigenvalue weighted by Gasteiger charge is 2.31. The van der Waals surface area contributed by atoms with Crippen LogP contribution in [-0.4, -0.2) is 37.0 Å². The number of amides is 1. The third-order valence-corrected chi connectivity index (χ3v) is 3.38. The zero-order chi connectivity index (χ0) is 9.26. The van der Waals surface area contributed by atoms with Crippen LogP contribution in [0.1, 0.15) is 25.7 Å². The Morgan fingerprint density at radius 2 is 2.07 bits per heavy atom. The van der Waals surface area contributed by atoms with Crippen LogP contribution in [0.15, 0.2) is 0 Å². The van der Waals surface area contributed by atoms with Gasteiger partial charge in [0.25, 0.3) is 0 Å². The van der Waals surface area contributed by atoms with Gasteiger partial charge in [0.1, 0.15) is 0 Å². The smallest absolute Gasteiger partial charge is 0.227 e. The highest BCUT2D eigenvalue weighted by molar-refractivity contribution is 5.85. The van der Waals surface area contributed by atoms with Crippen LogP contribution in [0.5, 0.6) is 0 Å². The quantitative estimate of drug-likeness (QED) is 0.751. The highest BCUT2D eigenvalue weighted by Crippen LogP contribution is 2.25. The molecule has 2 fully saturated rings. The molecule has 0 aromatic heterocycles. The second-order valence-electron chi connectivity index (χ2n) is 4.22. The third-order valence-electron chi connectivity index (χ3n) is 3.38. The normalized spacial score (nSPS) is 26.5. The number of hydrogen-bond donors (Lipinski definition) is 1. The van der Waals surface area contributed by atoms with Gasteiger partial charge < -0.3 is 10.2 Å². The number of hydrogen-bond acceptors (Lipinski definition) is 2. The van der Waals surface area contributed by atoms with Gasteiger partial charge in [0.05, 0.1) is 5.92 Å². The zero-order valence-electron chi connectivity index (χ0n) is 8.66. The number of nitrogens with zero attached hydrogens (tertiary/aromatic N) is 1.